The number of nitrogens with one attached hydrogen (secondary N) is 1. The number of aromatic nitrogens is 2. The van der Waals surface area contributed by atoms with Gasteiger partial charge in [-0.15, -0.1) is 0 Å². The van der Waals surface area contributed by atoms with Crippen LogP contribution in [0.15, 0.2) is 16.6 Å². The summed E-state index contributed by atoms with van der Waals surface area (Å²) in [6, 6.07) is 3.13. The van der Waals surface area contributed by atoms with Crippen LogP contribution in [0, 0.1) is 10.6 Å². The first-order valence-corrected chi connectivity index (χ1v) is 4.83. The maximum absolute atomic E-state index is 13.1. The molecule has 0 saturated carbocycles. The van der Waals surface area contributed by atoms with Gasteiger partial charge in [-0.3, -0.25) is 0 Å². The van der Waals surface area contributed by atoms with Crippen LogP contribution in [-0.4, -0.2) is 9.55 Å². The first-order valence-electron chi connectivity index (χ1n) is 3.63. The van der Waals surface area contributed by atoms with Crippen LogP contribution < -0.4 is 0 Å². The highest BCUT2D eigenvalue weighted by molar-refractivity contribution is 9.10. The molecule has 0 unspecified atom stereocenters. The normalized spacial score (nSPS) is 11.0. The Kier molecular flexibility index (Phi) is 2.00. The van der Waals surface area contributed by atoms with E-state index in [4.69, 9.17) is 12.2 Å². The third kappa shape index (κ3) is 1.32. The predicted octanol–water partition coefficient (Wildman–Crippen LogP) is 3.14. The number of benzene rings is 1. The molecule has 0 aliphatic rings. The quantitative estimate of drug-likeness (QED) is 0.722. The van der Waals surface area contributed by atoms with Gasteiger partial charge in [-0.1, -0.05) is 0 Å². The van der Waals surface area contributed by atoms with Crippen molar-refractivity contribution in [3.63, 3.8) is 0 Å². The van der Waals surface area contributed by atoms with E-state index in [9.17, 15) is 4.39 Å². The highest BCUT2D eigenvalue weighted by Crippen LogP contribution is 2.22. The van der Waals surface area contributed by atoms with Crippen molar-refractivity contribution < 1.29 is 4.39 Å². The molecular weight excluding hydrogens is 255 g/mol. The van der Waals surface area contributed by atoms with E-state index in [-0.39, 0.29) is 5.82 Å². The van der Waals surface area contributed by atoms with Gasteiger partial charge < -0.3 is 9.55 Å². The number of rotatable bonds is 0. The van der Waals surface area contributed by atoms with Gasteiger partial charge in [-0.25, -0.2) is 4.39 Å². The van der Waals surface area contributed by atoms with Crippen LogP contribution >= 0.6 is 28.1 Å². The second-order valence-corrected chi connectivity index (χ2v) is 4.01. The third-order valence-electron chi connectivity index (χ3n) is 1.95. The Balaban J connectivity index is 2.97. The first-order chi connectivity index (χ1) is 6.09. The molecule has 1 aromatic carbocycles. The summed E-state index contributed by atoms with van der Waals surface area (Å²) >= 11 is 8.13. The zero-order chi connectivity index (χ0) is 9.59. The topological polar surface area (TPSA) is 20.7 Å². The standard InChI is InChI=1S/C8H6BrFN2S/c1-12-7-2-4(9)5(10)3-6(7)11-8(12)13/h2-3H,1H3,(H,11,13). The number of aromatic amines is 1. The molecule has 0 spiro atoms. The van der Waals surface area contributed by atoms with Crippen LogP contribution in [0.25, 0.3) is 11.0 Å². The van der Waals surface area contributed by atoms with Crippen molar-refractivity contribution in [2.75, 3.05) is 0 Å². The van der Waals surface area contributed by atoms with Crippen LogP contribution in [0.2, 0.25) is 0 Å². The fourth-order valence-electron chi connectivity index (χ4n) is 1.22. The number of halogens is 2. The number of H-pyrrole nitrogens is 1. The van der Waals surface area contributed by atoms with E-state index in [0.29, 0.717) is 14.8 Å². The molecule has 1 aromatic heterocycles. The predicted molar refractivity (Wildman–Crippen MR) is 55.8 cm³/mol. The monoisotopic (exact) mass is 260 g/mol. The summed E-state index contributed by atoms with van der Waals surface area (Å²) in [5.74, 6) is -0.288. The molecule has 1 heterocycles. The lowest BCUT2D eigenvalue weighted by Crippen LogP contribution is -1.86. The molecule has 0 aliphatic carbocycles. The number of hydrogen-bond donors (Lipinski definition) is 1. The Labute approximate surface area is 87.5 Å². The second kappa shape index (κ2) is 2.92. The van der Waals surface area contributed by atoms with E-state index in [1.165, 1.54) is 6.07 Å². The Morgan fingerprint density at radius 3 is 2.92 bits per heavy atom. The summed E-state index contributed by atoms with van der Waals surface area (Å²) in [7, 11) is 1.84. The average Bonchev–Trinajstić information content (AvgIpc) is 2.32. The summed E-state index contributed by atoms with van der Waals surface area (Å²) in [4.78, 5) is 2.91. The minimum atomic E-state index is -0.288. The van der Waals surface area contributed by atoms with E-state index < -0.39 is 0 Å². The minimum Gasteiger partial charge on any atom is -0.330 e. The fraction of sp³-hybridized carbons (Fsp3) is 0.125. The zero-order valence-electron chi connectivity index (χ0n) is 6.77. The van der Waals surface area contributed by atoms with Crippen LogP contribution in [0.3, 0.4) is 0 Å². The lowest BCUT2D eigenvalue weighted by Gasteiger charge is -1.96. The lowest BCUT2D eigenvalue weighted by molar-refractivity contribution is 0.623. The Morgan fingerprint density at radius 1 is 1.54 bits per heavy atom. The van der Waals surface area contributed by atoms with Crippen molar-refractivity contribution in [2.24, 2.45) is 7.05 Å². The molecule has 0 atom stereocenters. The molecule has 0 fully saturated rings. The van der Waals surface area contributed by atoms with Crippen molar-refractivity contribution in [3.8, 4) is 0 Å². The van der Waals surface area contributed by atoms with E-state index in [2.05, 4.69) is 20.9 Å². The molecule has 68 valence electrons. The number of fused-ring (bicyclic) bond motifs is 1. The molecule has 13 heavy (non-hydrogen) atoms. The van der Waals surface area contributed by atoms with Crippen molar-refractivity contribution in [2.45, 2.75) is 0 Å². The van der Waals surface area contributed by atoms with Gasteiger partial charge in [0.25, 0.3) is 0 Å². The smallest absolute Gasteiger partial charge is 0.177 e. The van der Waals surface area contributed by atoms with Gasteiger partial charge in [-0.2, -0.15) is 0 Å². The molecule has 2 aromatic rings. The Bertz CT molecular complexity index is 529. The fourth-order valence-corrected chi connectivity index (χ4v) is 1.76. The zero-order valence-corrected chi connectivity index (χ0v) is 9.17. The maximum Gasteiger partial charge on any atom is 0.177 e. The highest BCUT2D eigenvalue weighted by Gasteiger charge is 2.05. The van der Waals surface area contributed by atoms with Gasteiger partial charge in [0.2, 0.25) is 0 Å². The average molecular weight is 261 g/mol. The van der Waals surface area contributed by atoms with Crippen LogP contribution in [0.4, 0.5) is 4.39 Å². The third-order valence-corrected chi connectivity index (χ3v) is 2.93. The number of hydrogen-bond acceptors (Lipinski definition) is 1. The lowest BCUT2D eigenvalue weighted by atomic mass is 10.3. The van der Waals surface area contributed by atoms with Gasteiger partial charge in [-0.05, 0) is 34.2 Å². The largest absolute Gasteiger partial charge is 0.330 e. The maximum atomic E-state index is 13.1. The molecule has 1 N–H and O–H groups in total. The van der Waals surface area contributed by atoms with Gasteiger partial charge in [0.05, 0.1) is 15.5 Å². The molecular formula is C8H6BrFN2S. The molecule has 2 nitrogen and oxygen atoms in total. The van der Waals surface area contributed by atoms with Gasteiger partial charge in [0.15, 0.2) is 4.77 Å². The summed E-state index contributed by atoms with van der Waals surface area (Å²) in [5.41, 5.74) is 1.60. The van der Waals surface area contributed by atoms with Gasteiger partial charge >= 0.3 is 0 Å². The van der Waals surface area contributed by atoms with E-state index >= 15 is 0 Å². The number of nitrogens with zero attached hydrogens (tertiary/aromatic N) is 1. The summed E-state index contributed by atoms with van der Waals surface area (Å²) in [6.07, 6.45) is 0. The second-order valence-electron chi connectivity index (χ2n) is 2.77. The molecule has 2 rings (SSSR count). The van der Waals surface area contributed by atoms with Crippen LogP contribution in [0.1, 0.15) is 0 Å². The Hall–Kier alpha value is -0.680. The van der Waals surface area contributed by atoms with E-state index in [0.717, 1.165) is 5.52 Å². The SMILES string of the molecule is Cn1c(=S)[nH]c2cc(F)c(Br)cc21. The molecule has 5 heteroatoms. The van der Waals surface area contributed by atoms with Crippen molar-refractivity contribution >= 4 is 39.2 Å². The highest BCUT2D eigenvalue weighted by atomic mass is 79.9. The molecule has 0 aliphatic heterocycles. The van der Waals surface area contributed by atoms with E-state index in [1.54, 1.807) is 10.6 Å². The molecule has 0 saturated heterocycles. The van der Waals surface area contributed by atoms with Crippen molar-refractivity contribution in [1.82, 2.24) is 9.55 Å². The van der Waals surface area contributed by atoms with E-state index in [1.807, 2.05) is 7.05 Å². The summed E-state index contributed by atoms with van der Waals surface area (Å²) in [6.45, 7) is 0. The summed E-state index contributed by atoms with van der Waals surface area (Å²) < 4.78 is 15.9. The Morgan fingerprint density at radius 2 is 2.23 bits per heavy atom. The first kappa shape index (κ1) is 8.90. The van der Waals surface area contributed by atoms with Crippen LogP contribution in [0.5, 0.6) is 0 Å². The molecule has 0 bridgehead atoms. The number of aryl methyl sites for hydroxylation is 1. The van der Waals surface area contributed by atoms with Crippen molar-refractivity contribution in [1.29, 1.82) is 0 Å². The minimum absolute atomic E-state index is 0.288. The van der Waals surface area contributed by atoms with Crippen LogP contribution in [-0.2, 0) is 7.05 Å². The molecule has 0 amide bonds. The van der Waals surface area contributed by atoms with Crippen molar-refractivity contribution in [3.05, 3.63) is 27.2 Å². The van der Waals surface area contributed by atoms with Gasteiger partial charge in [0.1, 0.15) is 5.82 Å². The molecule has 0 radical (unpaired) electrons. The summed E-state index contributed by atoms with van der Waals surface area (Å²) in [5, 5.41) is 0. The number of imidazole rings is 1. The van der Waals surface area contributed by atoms with Gasteiger partial charge in [0, 0.05) is 13.1 Å².